The molecule has 5 nitrogen and oxygen atoms in total. The number of nitrogens with zero attached hydrogens (tertiary/aromatic N) is 2. The molecular weight excluding hydrogens is 264 g/mol. The molecule has 0 saturated carbocycles. The van der Waals surface area contributed by atoms with Crippen LogP contribution in [0.15, 0.2) is 48.5 Å². The Balaban J connectivity index is 2.06. The minimum atomic E-state index is -0.192. The third kappa shape index (κ3) is 3.51. The van der Waals surface area contributed by atoms with Gasteiger partial charge in [0.1, 0.15) is 6.07 Å². The lowest BCUT2D eigenvalue weighted by atomic mass is 10.2. The number of hydrogen-bond donors (Lipinski definition) is 2. The number of hydrogen-bond acceptors (Lipinski definition) is 4. The molecule has 2 aromatic rings. The molecule has 2 aromatic carbocycles. The molecule has 0 radical (unpaired) electrons. The summed E-state index contributed by atoms with van der Waals surface area (Å²) >= 11 is 0. The van der Waals surface area contributed by atoms with Crippen molar-refractivity contribution in [2.24, 2.45) is 0 Å². The Morgan fingerprint density at radius 1 is 1.24 bits per heavy atom. The standard InChI is InChI=1S/C16H16N4O/c1-20(15-9-5-2-6-12(15)10-17)11-16(21)19-14-8-4-3-7-13(14)18/h2-9H,11,18H2,1H3,(H,19,21). The number of anilines is 3. The van der Waals surface area contributed by atoms with E-state index in [4.69, 9.17) is 11.0 Å². The zero-order valence-electron chi connectivity index (χ0n) is 11.7. The number of nitriles is 1. The Kier molecular flexibility index (Phi) is 4.42. The smallest absolute Gasteiger partial charge is 0.243 e. The van der Waals surface area contributed by atoms with Crippen molar-refractivity contribution >= 4 is 23.0 Å². The molecule has 5 heteroatoms. The van der Waals surface area contributed by atoms with Crippen LogP contribution in [0.2, 0.25) is 0 Å². The summed E-state index contributed by atoms with van der Waals surface area (Å²) < 4.78 is 0. The zero-order valence-corrected chi connectivity index (χ0v) is 11.7. The van der Waals surface area contributed by atoms with E-state index in [1.807, 2.05) is 12.1 Å². The molecule has 0 spiro atoms. The molecule has 21 heavy (non-hydrogen) atoms. The van der Waals surface area contributed by atoms with Gasteiger partial charge in [0.25, 0.3) is 0 Å². The van der Waals surface area contributed by atoms with Gasteiger partial charge in [-0.15, -0.1) is 0 Å². The van der Waals surface area contributed by atoms with Gasteiger partial charge in [0.2, 0.25) is 5.91 Å². The summed E-state index contributed by atoms with van der Waals surface area (Å²) in [5.41, 5.74) is 8.14. The maximum atomic E-state index is 12.1. The zero-order chi connectivity index (χ0) is 15.2. The maximum Gasteiger partial charge on any atom is 0.243 e. The fourth-order valence-electron chi connectivity index (χ4n) is 2.00. The van der Waals surface area contributed by atoms with Gasteiger partial charge in [0, 0.05) is 7.05 Å². The van der Waals surface area contributed by atoms with Gasteiger partial charge in [-0.05, 0) is 24.3 Å². The number of likely N-dealkylation sites (N-methyl/N-ethyl adjacent to an activating group) is 1. The molecule has 0 atom stereocenters. The number of nitrogens with two attached hydrogens (primary N) is 1. The van der Waals surface area contributed by atoms with Gasteiger partial charge >= 0.3 is 0 Å². The Hall–Kier alpha value is -3.00. The average Bonchev–Trinajstić information content (AvgIpc) is 2.49. The lowest BCUT2D eigenvalue weighted by Gasteiger charge is -2.20. The molecule has 0 heterocycles. The molecule has 0 fully saturated rings. The largest absolute Gasteiger partial charge is 0.397 e. The summed E-state index contributed by atoms with van der Waals surface area (Å²) in [6.45, 7) is 0.132. The Labute approximate surface area is 123 Å². The van der Waals surface area contributed by atoms with E-state index in [1.165, 1.54) is 0 Å². The highest BCUT2D eigenvalue weighted by molar-refractivity contribution is 5.96. The van der Waals surface area contributed by atoms with E-state index in [0.717, 1.165) is 5.69 Å². The monoisotopic (exact) mass is 280 g/mol. The van der Waals surface area contributed by atoms with Gasteiger partial charge in [-0.3, -0.25) is 4.79 Å². The van der Waals surface area contributed by atoms with Crippen LogP contribution in [0.1, 0.15) is 5.56 Å². The summed E-state index contributed by atoms with van der Waals surface area (Å²) in [7, 11) is 1.77. The van der Waals surface area contributed by atoms with Crippen molar-refractivity contribution in [2.75, 3.05) is 29.5 Å². The third-order valence-corrected chi connectivity index (χ3v) is 3.05. The number of benzene rings is 2. The number of rotatable bonds is 4. The molecular formula is C16H16N4O. The number of carbonyl (C=O) groups excluding carboxylic acids is 1. The lowest BCUT2D eigenvalue weighted by molar-refractivity contribution is -0.114. The molecule has 1 amide bonds. The summed E-state index contributed by atoms with van der Waals surface area (Å²) in [6.07, 6.45) is 0. The molecule has 0 aliphatic carbocycles. The molecule has 0 aromatic heterocycles. The number of nitrogen functional groups attached to an aromatic ring is 1. The molecule has 2 rings (SSSR count). The fourth-order valence-corrected chi connectivity index (χ4v) is 2.00. The molecule has 0 aliphatic heterocycles. The maximum absolute atomic E-state index is 12.1. The predicted octanol–water partition coefficient (Wildman–Crippen LogP) is 2.22. The van der Waals surface area contributed by atoms with E-state index >= 15 is 0 Å². The number of para-hydroxylation sites is 3. The van der Waals surface area contributed by atoms with Crippen LogP contribution in [-0.2, 0) is 4.79 Å². The molecule has 0 unspecified atom stereocenters. The first-order valence-electron chi connectivity index (χ1n) is 6.46. The van der Waals surface area contributed by atoms with Crippen LogP contribution >= 0.6 is 0 Å². The molecule has 3 N–H and O–H groups in total. The van der Waals surface area contributed by atoms with E-state index in [9.17, 15) is 4.79 Å². The van der Waals surface area contributed by atoms with Crippen LogP contribution in [-0.4, -0.2) is 19.5 Å². The van der Waals surface area contributed by atoms with Crippen LogP contribution in [0.5, 0.6) is 0 Å². The van der Waals surface area contributed by atoms with Crippen molar-refractivity contribution in [3.8, 4) is 6.07 Å². The first-order valence-corrected chi connectivity index (χ1v) is 6.46. The van der Waals surface area contributed by atoms with Crippen molar-refractivity contribution in [1.29, 1.82) is 5.26 Å². The molecule has 0 aliphatic rings. The van der Waals surface area contributed by atoms with Crippen LogP contribution in [0.3, 0.4) is 0 Å². The summed E-state index contributed by atoms with van der Waals surface area (Å²) in [5, 5.41) is 11.8. The van der Waals surface area contributed by atoms with Gasteiger partial charge in [0.15, 0.2) is 0 Å². The van der Waals surface area contributed by atoms with Crippen LogP contribution in [0, 0.1) is 11.3 Å². The van der Waals surface area contributed by atoms with Crippen molar-refractivity contribution in [3.63, 3.8) is 0 Å². The second-order valence-electron chi connectivity index (χ2n) is 4.62. The highest BCUT2D eigenvalue weighted by Crippen LogP contribution is 2.19. The minimum absolute atomic E-state index is 0.132. The first kappa shape index (κ1) is 14.4. The summed E-state index contributed by atoms with van der Waals surface area (Å²) in [5.74, 6) is -0.192. The fraction of sp³-hybridized carbons (Fsp3) is 0.125. The van der Waals surface area contributed by atoms with Crippen molar-refractivity contribution in [2.45, 2.75) is 0 Å². The van der Waals surface area contributed by atoms with Gasteiger partial charge in [-0.2, -0.15) is 5.26 Å². The van der Waals surface area contributed by atoms with E-state index < -0.39 is 0 Å². The molecule has 0 bridgehead atoms. The Bertz CT molecular complexity index is 691. The Morgan fingerprint density at radius 2 is 1.90 bits per heavy atom. The second kappa shape index (κ2) is 6.44. The topological polar surface area (TPSA) is 82.2 Å². The van der Waals surface area contributed by atoms with Crippen LogP contribution in [0.25, 0.3) is 0 Å². The van der Waals surface area contributed by atoms with Crippen LogP contribution in [0.4, 0.5) is 17.1 Å². The van der Waals surface area contributed by atoms with E-state index in [0.29, 0.717) is 16.9 Å². The first-order chi connectivity index (χ1) is 10.1. The minimum Gasteiger partial charge on any atom is -0.397 e. The highest BCUT2D eigenvalue weighted by Gasteiger charge is 2.11. The van der Waals surface area contributed by atoms with Crippen molar-refractivity contribution < 1.29 is 4.79 Å². The van der Waals surface area contributed by atoms with Gasteiger partial charge in [-0.25, -0.2) is 0 Å². The summed E-state index contributed by atoms with van der Waals surface area (Å²) in [6, 6.07) is 16.4. The molecule has 0 saturated heterocycles. The number of nitrogens with one attached hydrogen (secondary N) is 1. The van der Waals surface area contributed by atoms with E-state index in [2.05, 4.69) is 11.4 Å². The second-order valence-corrected chi connectivity index (χ2v) is 4.62. The van der Waals surface area contributed by atoms with Crippen molar-refractivity contribution in [1.82, 2.24) is 0 Å². The highest BCUT2D eigenvalue weighted by atomic mass is 16.2. The number of carbonyl (C=O) groups is 1. The normalized spacial score (nSPS) is 9.71. The third-order valence-electron chi connectivity index (χ3n) is 3.05. The van der Waals surface area contributed by atoms with Gasteiger partial charge in [0.05, 0.1) is 29.2 Å². The van der Waals surface area contributed by atoms with Gasteiger partial charge in [-0.1, -0.05) is 24.3 Å². The molecule has 106 valence electrons. The lowest BCUT2D eigenvalue weighted by Crippen LogP contribution is -2.30. The average molecular weight is 280 g/mol. The SMILES string of the molecule is CN(CC(=O)Nc1ccccc1N)c1ccccc1C#N. The quantitative estimate of drug-likeness (QED) is 0.841. The van der Waals surface area contributed by atoms with Crippen LogP contribution < -0.4 is 16.0 Å². The summed E-state index contributed by atoms with van der Waals surface area (Å²) in [4.78, 5) is 13.8. The van der Waals surface area contributed by atoms with Gasteiger partial charge < -0.3 is 16.0 Å². The Morgan fingerprint density at radius 3 is 2.62 bits per heavy atom. The predicted molar refractivity (Wildman–Crippen MR) is 83.9 cm³/mol. The van der Waals surface area contributed by atoms with E-state index in [1.54, 1.807) is 48.3 Å². The number of amides is 1. The van der Waals surface area contributed by atoms with Crippen molar-refractivity contribution in [3.05, 3.63) is 54.1 Å². The van der Waals surface area contributed by atoms with E-state index in [-0.39, 0.29) is 12.5 Å².